The highest BCUT2D eigenvalue weighted by Gasteiger charge is 2.22. The molecule has 6 nitrogen and oxygen atoms in total. The van der Waals surface area contributed by atoms with Gasteiger partial charge in [-0.1, -0.05) is 6.92 Å². The lowest BCUT2D eigenvalue weighted by Crippen LogP contribution is -2.35. The fourth-order valence-electron chi connectivity index (χ4n) is 4.20. The molecule has 3 heterocycles. The van der Waals surface area contributed by atoms with Crippen LogP contribution in [-0.2, 0) is 6.42 Å². The van der Waals surface area contributed by atoms with E-state index in [1.165, 1.54) is 37.7 Å². The summed E-state index contributed by atoms with van der Waals surface area (Å²) in [5.74, 6) is 2.15. The molecule has 2 aromatic rings. The third-order valence-electron chi connectivity index (χ3n) is 5.66. The maximum Gasteiger partial charge on any atom is 0.162 e. The summed E-state index contributed by atoms with van der Waals surface area (Å²) in [6.45, 7) is 4.37. The van der Waals surface area contributed by atoms with Crippen LogP contribution in [0.1, 0.15) is 57.4 Å². The summed E-state index contributed by atoms with van der Waals surface area (Å²) in [7, 11) is 0. The zero-order valence-electron chi connectivity index (χ0n) is 15.2. The maximum absolute atomic E-state index is 6.18. The molecule has 25 heavy (non-hydrogen) atoms. The number of aryl methyl sites for hydroxylation is 1. The molecular weight excluding hydrogens is 312 g/mol. The second-order valence-electron chi connectivity index (χ2n) is 7.57. The number of aromatic nitrogens is 3. The molecule has 0 aromatic carbocycles. The van der Waals surface area contributed by atoms with Crippen LogP contribution in [0.5, 0.6) is 0 Å². The summed E-state index contributed by atoms with van der Waals surface area (Å²) in [6.07, 6.45) is 11.3. The average molecular weight is 342 g/mol. The zero-order chi connectivity index (χ0) is 17.2. The van der Waals surface area contributed by atoms with Gasteiger partial charge in [0.2, 0.25) is 0 Å². The molecule has 2 aliphatic rings. The van der Waals surface area contributed by atoms with Gasteiger partial charge in [-0.2, -0.15) is 9.61 Å². The van der Waals surface area contributed by atoms with Crippen molar-refractivity contribution >= 4 is 17.3 Å². The lowest BCUT2D eigenvalue weighted by atomic mass is 9.92. The number of rotatable bonds is 4. The standard InChI is InChI=1S/C19H30N6/c1-2-14-13-21-25-18(22-16-8-6-7-15(20)11-16)12-17(23-19(14)25)24-9-4-3-5-10-24/h12-13,15-16,22H,2-11,20H2,1H3. The van der Waals surface area contributed by atoms with Gasteiger partial charge in [0, 0.05) is 36.8 Å². The summed E-state index contributed by atoms with van der Waals surface area (Å²) in [4.78, 5) is 7.38. The van der Waals surface area contributed by atoms with Crippen molar-refractivity contribution in [3.05, 3.63) is 17.8 Å². The minimum atomic E-state index is 0.314. The first-order valence-corrected chi connectivity index (χ1v) is 9.89. The van der Waals surface area contributed by atoms with E-state index < -0.39 is 0 Å². The zero-order valence-corrected chi connectivity index (χ0v) is 15.2. The maximum atomic E-state index is 6.18. The van der Waals surface area contributed by atoms with Gasteiger partial charge < -0.3 is 16.0 Å². The molecule has 2 fully saturated rings. The second-order valence-corrected chi connectivity index (χ2v) is 7.57. The van der Waals surface area contributed by atoms with Crippen LogP contribution in [0.3, 0.4) is 0 Å². The summed E-state index contributed by atoms with van der Waals surface area (Å²) < 4.78 is 1.98. The van der Waals surface area contributed by atoms with Gasteiger partial charge in [-0.25, -0.2) is 4.98 Å². The van der Waals surface area contributed by atoms with Crippen LogP contribution in [0.2, 0.25) is 0 Å². The van der Waals surface area contributed by atoms with Crippen LogP contribution in [0, 0.1) is 0 Å². The monoisotopic (exact) mass is 342 g/mol. The Morgan fingerprint density at radius 2 is 2.04 bits per heavy atom. The largest absolute Gasteiger partial charge is 0.367 e. The molecule has 1 aliphatic carbocycles. The van der Waals surface area contributed by atoms with Gasteiger partial charge in [0.25, 0.3) is 0 Å². The SMILES string of the molecule is CCc1cnn2c(NC3CCCC(N)C3)cc(N3CCCCC3)nc12. The molecule has 0 spiro atoms. The van der Waals surface area contributed by atoms with Gasteiger partial charge in [-0.15, -0.1) is 0 Å². The number of hydrogen-bond acceptors (Lipinski definition) is 5. The first-order chi connectivity index (χ1) is 12.2. The smallest absolute Gasteiger partial charge is 0.162 e. The number of nitrogens with two attached hydrogens (primary N) is 1. The van der Waals surface area contributed by atoms with E-state index in [0.717, 1.165) is 49.6 Å². The Labute approximate surface area is 149 Å². The van der Waals surface area contributed by atoms with Crippen molar-refractivity contribution in [1.82, 2.24) is 14.6 Å². The molecule has 1 aliphatic heterocycles. The number of nitrogens with one attached hydrogen (secondary N) is 1. The molecule has 0 radical (unpaired) electrons. The van der Waals surface area contributed by atoms with Crippen LogP contribution in [0.4, 0.5) is 11.6 Å². The minimum absolute atomic E-state index is 0.314. The molecule has 0 amide bonds. The van der Waals surface area contributed by atoms with Crippen LogP contribution in [0.15, 0.2) is 12.3 Å². The van der Waals surface area contributed by atoms with Crippen molar-refractivity contribution in [1.29, 1.82) is 0 Å². The molecule has 2 unspecified atom stereocenters. The topological polar surface area (TPSA) is 71.5 Å². The molecule has 1 saturated heterocycles. The van der Waals surface area contributed by atoms with E-state index in [-0.39, 0.29) is 0 Å². The number of nitrogens with zero attached hydrogens (tertiary/aromatic N) is 4. The Balaban J connectivity index is 1.69. The highest BCUT2D eigenvalue weighted by molar-refractivity contribution is 5.61. The van der Waals surface area contributed by atoms with Crippen LogP contribution in [0.25, 0.3) is 5.65 Å². The second kappa shape index (κ2) is 7.20. The van der Waals surface area contributed by atoms with Crippen molar-refractivity contribution in [2.75, 3.05) is 23.3 Å². The van der Waals surface area contributed by atoms with E-state index in [0.29, 0.717) is 12.1 Å². The number of piperidine rings is 1. The van der Waals surface area contributed by atoms with E-state index in [2.05, 4.69) is 28.3 Å². The van der Waals surface area contributed by atoms with E-state index in [9.17, 15) is 0 Å². The summed E-state index contributed by atoms with van der Waals surface area (Å²) in [6, 6.07) is 2.93. The molecular formula is C19H30N6. The summed E-state index contributed by atoms with van der Waals surface area (Å²) in [5.41, 5.74) is 8.38. The molecule has 4 rings (SSSR count). The molecule has 6 heteroatoms. The highest BCUT2D eigenvalue weighted by Crippen LogP contribution is 2.27. The fraction of sp³-hybridized carbons (Fsp3) is 0.684. The van der Waals surface area contributed by atoms with Crippen LogP contribution in [-0.4, -0.2) is 39.8 Å². The molecule has 136 valence electrons. The Hall–Kier alpha value is -1.82. The minimum Gasteiger partial charge on any atom is -0.367 e. The van der Waals surface area contributed by atoms with E-state index in [1.54, 1.807) is 0 Å². The number of anilines is 2. The normalized spacial score (nSPS) is 24.6. The average Bonchev–Trinajstić information content (AvgIpc) is 3.06. The Morgan fingerprint density at radius 1 is 1.20 bits per heavy atom. The van der Waals surface area contributed by atoms with Gasteiger partial charge in [0.05, 0.1) is 6.20 Å². The summed E-state index contributed by atoms with van der Waals surface area (Å²) in [5, 5.41) is 8.33. The Bertz CT molecular complexity index is 718. The summed E-state index contributed by atoms with van der Waals surface area (Å²) >= 11 is 0. The lowest BCUT2D eigenvalue weighted by Gasteiger charge is -2.30. The van der Waals surface area contributed by atoms with Crippen molar-refractivity contribution in [3.63, 3.8) is 0 Å². The van der Waals surface area contributed by atoms with Crippen molar-refractivity contribution < 1.29 is 0 Å². The third-order valence-corrected chi connectivity index (χ3v) is 5.66. The molecule has 2 aromatic heterocycles. The van der Waals surface area contributed by atoms with E-state index >= 15 is 0 Å². The Morgan fingerprint density at radius 3 is 2.80 bits per heavy atom. The number of fused-ring (bicyclic) bond motifs is 1. The van der Waals surface area contributed by atoms with Crippen molar-refractivity contribution in [2.24, 2.45) is 5.73 Å². The third kappa shape index (κ3) is 3.45. The highest BCUT2D eigenvalue weighted by atomic mass is 15.3. The number of hydrogen-bond donors (Lipinski definition) is 2. The van der Waals surface area contributed by atoms with Gasteiger partial charge in [-0.05, 0) is 51.4 Å². The molecule has 2 atom stereocenters. The van der Waals surface area contributed by atoms with Crippen molar-refractivity contribution in [3.8, 4) is 0 Å². The van der Waals surface area contributed by atoms with E-state index in [1.807, 2.05) is 10.7 Å². The van der Waals surface area contributed by atoms with Gasteiger partial charge in [0.1, 0.15) is 11.6 Å². The lowest BCUT2D eigenvalue weighted by molar-refractivity contribution is 0.408. The predicted molar refractivity (Wildman–Crippen MR) is 102 cm³/mol. The molecule has 1 saturated carbocycles. The first kappa shape index (κ1) is 16.6. The van der Waals surface area contributed by atoms with Crippen molar-refractivity contribution in [2.45, 2.75) is 70.4 Å². The molecule has 0 bridgehead atoms. The quantitative estimate of drug-likeness (QED) is 0.894. The Kier molecular flexibility index (Phi) is 4.79. The first-order valence-electron chi connectivity index (χ1n) is 9.89. The van der Waals surface area contributed by atoms with Gasteiger partial charge in [-0.3, -0.25) is 0 Å². The van der Waals surface area contributed by atoms with E-state index in [4.69, 9.17) is 10.7 Å². The van der Waals surface area contributed by atoms with Gasteiger partial charge >= 0.3 is 0 Å². The molecule has 3 N–H and O–H groups in total. The van der Waals surface area contributed by atoms with Crippen LogP contribution < -0.4 is 16.0 Å². The van der Waals surface area contributed by atoms with Crippen LogP contribution >= 0.6 is 0 Å². The predicted octanol–water partition coefficient (Wildman–Crippen LogP) is 2.96. The van der Waals surface area contributed by atoms with Gasteiger partial charge in [0.15, 0.2) is 5.65 Å². The fourth-order valence-corrected chi connectivity index (χ4v) is 4.20.